The highest BCUT2D eigenvalue weighted by Gasteiger charge is 2.30. The van der Waals surface area contributed by atoms with E-state index >= 15 is 0 Å². The van der Waals surface area contributed by atoms with Gasteiger partial charge in [0.05, 0.1) is 6.61 Å². The Morgan fingerprint density at radius 3 is 2.59 bits per heavy atom. The van der Waals surface area contributed by atoms with E-state index in [1.54, 1.807) is 6.92 Å². The van der Waals surface area contributed by atoms with Gasteiger partial charge in [-0.1, -0.05) is 0 Å². The lowest BCUT2D eigenvalue weighted by molar-refractivity contribution is -0.116. The van der Waals surface area contributed by atoms with Gasteiger partial charge in [0.15, 0.2) is 0 Å². The zero-order valence-corrected chi connectivity index (χ0v) is 16.7. The molecule has 2 N–H and O–H groups in total. The molecule has 1 aliphatic rings. The molecular formula is C18H22N4O6S. The molecule has 0 unspecified atom stereocenters. The second kappa shape index (κ2) is 8.62. The number of aromatic amines is 1. The van der Waals surface area contributed by atoms with E-state index in [1.165, 1.54) is 28.7 Å². The van der Waals surface area contributed by atoms with E-state index in [0.717, 1.165) is 23.5 Å². The first-order chi connectivity index (χ1) is 13.8. The minimum absolute atomic E-state index is 0.0136. The zero-order valence-electron chi connectivity index (χ0n) is 15.9. The quantitative estimate of drug-likeness (QED) is 0.662. The summed E-state index contributed by atoms with van der Waals surface area (Å²) in [7, 11) is -3.76. The van der Waals surface area contributed by atoms with Gasteiger partial charge in [0.1, 0.15) is 17.2 Å². The molecule has 0 aliphatic carbocycles. The molecule has 11 heteroatoms. The smallest absolute Gasteiger partial charge is 0.328 e. The number of anilines is 1. The molecule has 2 heterocycles. The predicted molar refractivity (Wildman–Crippen MR) is 106 cm³/mol. The van der Waals surface area contributed by atoms with Crippen LogP contribution in [0.15, 0.2) is 44.9 Å². The molecule has 10 nitrogen and oxygen atoms in total. The van der Waals surface area contributed by atoms with Crippen molar-refractivity contribution in [3.05, 3.63) is 51.3 Å². The molecule has 0 bridgehead atoms. The van der Waals surface area contributed by atoms with E-state index in [9.17, 15) is 22.8 Å². The Hall–Kier alpha value is -2.92. The van der Waals surface area contributed by atoms with Crippen molar-refractivity contribution < 1.29 is 17.9 Å². The number of aromatic nitrogens is 2. The number of benzene rings is 1. The Balaban J connectivity index is 1.85. The summed E-state index contributed by atoms with van der Waals surface area (Å²) >= 11 is 0. The number of carbonyl (C=O) groups excluding carboxylic acids is 1. The van der Waals surface area contributed by atoms with Gasteiger partial charge in [-0.05, 0) is 38.0 Å². The van der Waals surface area contributed by atoms with Crippen molar-refractivity contribution in [1.29, 1.82) is 0 Å². The lowest BCUT2D eigenvalue weighted by Crippen LogP contribution is -2.32. The van der Waals surface area contributed by atoms with Crippen molar-refractivity contribution in [2.45, 2.75) is 31.2 Å². The molecule has 1 aliphatic heterocycles. The molecule has 1 saturated heterocycles. The van der Waals surface area contributed by atoms with Crippen molar-refractivity contribution in [3.8, 4) is 5.75 Å². The van der Waals surface area contributed by atoms with Crippen LogP contribution in [0, 0.1) is 0 Å². The van der Waals surface area contributed by atoms with Crippen LogP contribution in [0.3, 0.4) is 0 Å². The molecule has 1 amide bonds. The number of sulfonamides is 1. The third kappa shape index (κ3) is 4.74. The molecule has 3 rings (SSSR count). The average Bonchev–Trinajstić information content (AvgIpc) is 3.21. The van der Waals surface area contributed by atoms with E-state index in [-0.39, 0.29) is 22.9 Å². The maximum absolute atomic E-state index is 13.0. The number of amides is 1. The zero-order chi connectivity index (χ0) is 21.0. The normalized spacial score (nSPS) is 14.7. The number of rotatable bonds is 7. The van der Waals surface area contributed by atoms with Crippen molar-refractivity contribution in [2.24, 2.45) is 0 Å². The van der Waals surface area contributed by atoms with Gasteiger partial charge in [0.2, 0.25) is 15.9 Å². The van der Waals surface area contributed by atoms with Gasteiger partial charge in [-0.3, -0.25) is 19.1 Å². The van der Waals surface area contributed by atoms with Gasteiger partial charge < -0.3 is 10.1 Å². The molecule has 0 spiro atoms. The van der Waals surface area contributed by atoms with E-state index in [2.05, 4.69) is 10.3 Å². The Morgan fingerprint density at radius 1 is 1.21 bits per heavy atom. The molecule has 0 radical (unpaired) electrons. The van der Waals surface area contributed by atoms with E-state index < -0.39 is 27.2 Å². The van der Waals surface area contributed by atoms with Crippen molar-refractivity contribution >= 4 is 21.6 Å². The number of hydrogen-bond acceptors (Lipinski definition) is 6. The number of nitrogens with one attached hydrogen (secondary N) is 2. The van der Waals surface area contributed by atoms with Crippen molar-refractivity contribution in [1.82, 2.24) is 13.9 Å². The van der Waals surface area contributed by atoms with Gasteiger partial charge in [-0.25, -0.2) is 13.2 Å². The second-order valence-corrected chi connectivity index (χ2v) is 8.40. The van der Waals surface area contributed by atoms with Gasteiger partial charge in [0.25, 0.3) is 5.56 Å². The average molecular weight is 422 g/mol. The molecule has 29 heavy (non-hydrogen) atoms. The molecule has 0 saturated carbocycles. The summed E-state index contributed by atoms with van der Waals surface area (Å²) in [6, 6.07) is 5.51. The molecule has 1 aromatic carbocycles. The predicted octanol–water partition coefficient (Wildman–Crippen LogP) is 0.359. The Morgan fingerprint density at radius 2 is 1.93 bits per heavy atom. The summed E-state index contributed by atoms with van der Waals surface area (Å²) in [5, 5.41) is 2.58. The summed E-state index contributed by atoms with van der Waals surface area (Å²) in [6.45, 7) is 2.60. The first kappa shape index (κ1) is 20.8. The van der Waals surface area contributed by atoms with Crippen molar-refractivity contribution in [3.63, 3.8) is 0 Å². The van der Waals surface area contributed by atoms with Crippen LogP contribution in [0.4, 0.5) is 5.69 Å². The largest absolute Gasteiger partial charge is 0.492 e. The Labute approximate surface area is 167 Å². The second-order valence-electron chi connectivity index (χ2n) is 6.49. The molecule has 0 atom stereocenters. The first-order valence-corrected chi connectivity index (χ1v) is 10.6. The maximum atomic E-state index is 13.0. The molecule has 1 fully saturated rings. The highest BCUT2D eigenvalue weighted by Crippen LogP contribution is 2.31. The van der Waals surface area contributed by atoms with Gasteiger partial charge in [0, 0.05) is 31.0 Å². The lowest BCUT2D eigenvalue weighted by atomic mass is 10.3. The summed E-state index contributed by atoms with van der Waals surface area (Å²) in [5.74, 6) is -0.331. The number of nitrogens with zero attached hydrogens (tertiary/aromatic N) is 2. The van der Waals surface area contributed by atoms with E-state index in [4.69, 9.17) is 4.74 Å². The Bertz CT molecular complexity index is 1120. The highest BCUT2D eigenvalue weighted by molar-refractivity contribution is 7.89. The van der Waals surface area contributed by atoms with Crippen LogP contribution in [0.1, 0.15) is 19.8 Å². The topological polar surface area (TPSA) is 131 Å². The minimum Gasteiger partial charge on any atom is -0.492 e. The standard InChI is InChI=1S/C18H22N4O6S/c1-2-28-14-6-5-13(11-15(14)29(26,27)22-8-3-4-9-22)19-17(24)12-21-10-7-16(23)20-18(21)25/h5-7,10-11H,2-4,8-9,12H2,1H3,(H,19,24)(H,20,23,25). The maximum Gasteiger partial charge on any atom is 0.328 e. The monoisotopic (exact) mass is 422 g/mol. The highest BCUT2D eigenvalue weighted by atomic mass is 32.2. The summed E-state index contributed by atoms with van der Waals surface area (Å²) in [4.78, 5) is 37.1. The van der Waals surface area contributed by atoms with E-state index in [1.807, 2.05) is 0 Å². The van der Waals surface area contributed by atoms with Crippen LogP contribution < -0.4 is 21.3 Å². The van der Waals surface area contributed by atoms with Crippen LogP contribution in [0.5, 0.6) is 5.75 Å². The van der Waals surface area contributed by atoms with Gasteiger partial charge in [-0.2, -0.15) is 4.31 Å². The van der Waals surface area contributed by atoms with Crippen LogP contribution in [-0.2, 0) is 21.4 Å². The Kier molecular flexibility index (Phi) is 6.18. The summed E-state index contributed by atoms with van der Waals surface area (Å²) < 4.78 is 33.9. The summed E-state index contributed by atoms with van der Waals surface area (Å²) in [6.07, 6.45) is 2.81. The van der Waals surface area contributed by atoms with Crippen molar-refractivity contribution in [2.75, 3.05) is 25.0 Å². The van der Waals surface area contributed by atoms with Crippen LogP contribution in [0.2, 0.25) is 0 Å². The van der Waals surface area contributed by atoms with Gasteiger partial charge >= 0.3 is 5.69 Å². The number of ether oxygens (including phenoxy) is 1. The third-order valence-corrected chi connectivity index (χ3v) is 6.34. The molecular weight excluding hydrogens is 400 g/mol. The summed E-state index contributed by atoms with van der Waals surface area (Å²) in [5.41, 5.74) is -1.01. The fourth-order valence-corrected chi connectivity index (χ4v) is 4.73. The first-order valence-electron chi connectivity index (χ1n) is 9.18. The molecule has 156 valence electrons. The third-order valence-electron chi connectivity index (χ3n) is 4.42. The minimum atomic E-state index is -3.76. The lowest BCUT2D eigenvalue weighted by Gasteiger charge is -2.19. The van der Waals surface area contributed by atoms with Crippen LogP contribution in [-0.4, -0.2) is 47.9 Å². The fourth-order valence-electron chi connectivity index (χ4n) is 3.05. The van der Waals surface area contributed by atoms with Gasteiger partial charge in [-0.15, -0.1) is 0 Å². The SMILES string of the molecule is CCOc1ccc(NC(=O)Cn2ccc(=O)[nH]c2=O)cc1S(=O)(=O)N1CCCC1. The van der Waals surface area contributed by atoms with Crippen LogP contribution in [0.25, 0.3) is 0 Å². The fraction of sp³-hybridized carbons (Fsp3) is 0.389. The number of carbonyl (C=O) groups is 1. The molecule has 2 aromatic rings. The van der Waals surface area contributed by atoms with E-state index in [0.29, 0.717) is 19.7 Å². The number of H-pyrrole nitrogens is 1. The number of hydrogen-bond donors (Lipinski definition) is 2. The van der Waals surface area contributed by atoms with Crippen LogP contribution >= 0.6 is 0 Å². The molecule has 1 aromatic heterocycles.